The lowest BCUT2D eigenvalue weighted by molar-refractivity contribution is -0.132. The number of nitrogens with one attached hydrogen (secondary N) is 1. The molecule has 1 saturated heterocycles. The van der Waals surface area contributed by atoms with Gasteiger partial charge in [0, 0.05) is 31.2 Å². The third kappa shape index (κ3) is 5.26. The predicted octanol–water partition coefficient (Wildman–Crippen LogP) is 2.59. The van der Waals surface area contributed by atoms with Crippen molar-refractivity contribution in [3.05, 3.63) is 89.1 Å². The van der Waals surface area contributed by atoms with Crippen LogP contribution in [0.1, 0.15) is 20.9 Å². The number of sulfone groups is 1. The van der Waals surface area contributed by atoms with E-state index in [1.54, 1.807) is 6.07 Å². The highest BCUT2D eigenvalue weighted by Gasteiger charge is 2.40. The molecule has 2 heterocycles. The lowest BCUT2D eigenvalue weighted by atomic mass is 10.1. The van der Waals surface area contributed by atoms with Crippen LogP contribution in [0.25, 0.3) is 0 Å². The minimum atomic E-state index is -4.38. The predicted molar refractivity (Wildman–Crippen MR) is 127 cm³/mol. The molecular formula is C24H21ClFN3O6S. The third-order valence-corrected chi connectivity index (χ3v) is 7.79. The number of benzene rings is 2. The van der Waals surface area contributed by atoms with E-state index in [-0.39, 0.29) is 42.4 Å². The Hall–Kier alpha value is -3.70. The largest absolute Gasteiger partial charge is 0.459 e. The van der Waals surface area contributed by atoms with Crippen molar-refractivity contribution in [2.24, 2.45) is 0 Å². The van der Waals surface area contributed by atoms with Crippen molar-refractivity contribution in [3.63, 3.8) is 0 Å². The van der Waals surface area contributed by atoms with E-state index in [4.69, 9.17) is 16.0 Å². The number of nitrogens with zero attached hydrogens (tertiary/aromatic N) is 2. The number of hydrogen-bond acceptors (Lipinski definition) is 6. The van der Waals surface area contributed by atoms with Gasteiger partial charge in [0.15, 0.2) is 5.76 Å². The van der Waals surface area contributed by atoms with Crippen LogP contribution >= 0.6 is 11.6 Å². The number of halogens is 2. The lowest BCUT2D eigenvalue weighted by Gasteiger charge is -2.36. The van der Waals surface area contributed by atoms with Crippen LogP contribution in [0, 0.1) is 5.82 Å². The maximum absolute atomic E-state index is 14.0. The Morgan fingerprint density at radius 1 is 0.917 bits per heavy atom. The average Bonchev–Trinajstić information content (AvgIpc) is 3.42. The molecule has 188 valence electrons. The molecule has 0 saturated carbocycles. The fraction of sp³-hybridized carbons (Fsp3) is 0.208. The molecule has 9 nitrogen and oxygen atoms in total. The van der Waals surface area contributed by atoms with E-state index in [0.717, 1.165) is 0 Å². The lowest BCUT2D eigenvalue weighted by Crippen LogP contribution is -2.57. The van der Waals surface area contributed by atoms with Crippen LogP contribution in [0.2, 0.25) is 5.02 Å². The summed E-state index contributed by atoms with van der Waals surface area (Å²) in [7, 11) is -4.38. The molecule has 0 aliphatic carbocycles. The van der Waals surface area contributed by atoms with Crippen LogP contribution in [0.4, 0.5) is 4.39 Å². The summed E-state index contributed by atoms with van der Waals surface area (Å²) in [6.07, 6.45) is 1.24. The maximum Gasteiger partial charge on any atom is 0.288 e. The van der Waals surface area contributed by atoms with Gasteiger partial charge in [0.05, 0.1) is 16.7 Å². The molecule has 1 aromatic heterocycles. The average molecular weight is 534 g/mol. The molecule has 1 aliphatic rings. The summed E-state index contributed by atoms with van der Waals surface area (Å²) in [4.78, 5) is 41.1. The highest BCUT2D eigenvalue weighted by atomic mass is 35.5. The van der Waals surface area contributed by atoms with Crippen molar-refractivity contribution in [2.45, 2.75) is 10.3 Å². The first-order chi connectivity index (χ1) is 17.2. The summed E-state index contributed by atoms with van der Waals surface area (Å²) in [5.74, 6) is -3.11. The van der Waals surface area contributed by atoms with E-state index in [1.807, 2.05) is 0 Å². The summed E-state index contributed by atoms with van der Waals surface area (Å²) in [5, 5.41) is 0.607. The maximum atomic E-state index is 14.0. The highest BCUT2D eigenvalue weighted by molar-refractivity contribution is 7.92. The van der Waals surface area contributed by atoms with Crippen molar-refractivity contribution >= 4 is 39.2 Å². The van der Waals surface area contributed by atoms with Crippen LogP contribution in [-0.2, 0) is 14.6 Å². The quantitative estimate of drug-likeness (QED) is 0.520. The molecule has 3 aromatic rings. The number of amides is 3. The Labute approximate surface area is 211 Å². The van der Waals surface area contributed by atoms with Gasteiger partial charge in [0.2, 0.25) is 15.2 Å². The van der Waals surface area contributed by atoms with Gasteiger partial charge in [0.1, 0.15) is 5.82 Å². The smallest absolute Gasteiger partial charge is 0.288 e. The van der Waals surface area contributed by atoms with Gasteiger partial charge in [-0.2, -0.15) is 0 Å². The normalized spacial score (nSPS) is 14.8. The summed E-state index contributed by atoms with van der Waals surface area (Å²) in [6, 6.07) is 13.5. The van der Waals surface area contributed by atoms with Crippen molar-refractivity contribution in [1.29, 1.82) is 0 Å². The molecule has 1 aliphatic heterocycles. The standard InChI is InChI=1S/C24H21ClFN3O6S/c25-16-7-9-17(10-8-16)36(33,34)22(27-21(30)20-6-3-15-35-20)24(32)29-13-11-28(12-14-29)23(31)18-4-1-2-5-19(18)26/h1-10,15,22H,11-14H2,(H,27,30)/t22-/m1/s1. The van der Waals surface area contributed by atoms with E-state index in [0.29, 0.717) is 5.02 Å². The molecule has 0 spiro atoms. The van der Waals surface area contributed by atoms with Crippen LogP contribution in [0.5, 0.6) is 0 Å². The van der Waals surface area contributed by atoms with Crippen LogP contribution in [0.15, 0.2) is 76.2 Å². The van der Waals surface area contributed by atoms with Gasteiger partial charge in [-0.1, -0.05) is 23.7 Å². The Kier molecular flexibility index (Phi) is 7.41. The van der Waals surface area contributed by atoms with Gasteiger partial charge in [0.25, 0.3) is 17.7 Å². The molecule has 36 heavy (non-hydrogen) atoms. The van der Waals surface area contributed by atoms with Crippen LogP contribution in [-0.4, -0.2) is 67.5 Å². The molecular weight excluding hydrogens is 513 g/mol. The molecule has 3 amide bonds. The Morgan fingerprint density at radius 2 is 1.56 bits per heavy atom. The van der Waals surface area contributed by atoms with Crippen LogP contribution < -0.4 is 5.32 Å². The topological polar surface area (TPSA) is 117 Å². The number of piperazine rings is 1. The highest BCUT2D eigenvalue weighted by Crippen LogP contribution is 2.21. The van der Waals surface area contributed by atoms with Gasteiger partial charge in [-0.3, -0.25) is 14.4 Å². The Bertz CT molecular complexity index is 1370. The molecule has 0 bridgehead atoms. The summed E-state index contributed by atoms with van der Waals surface area (Å²) in [5.41, 5.74) is -0.0915. The van der Waals surface area contributed by atoms with Crippen LogP contribution in [0.3, 0.4) is 0 Å². The van der Waals surface area contributed by atoms with Crippen molar-refractivity contribution in [2.75, 3.05) is 26.2 Å². The molecule has 1 N–H and O–H groups in total. The SMILES string of the molecule is O=C(N[C@@H](C(=O)N1CCN(C(=O)c2ccccc2F)CC1)S(=O)(=O)c1ccc(Cl)cc1)c1ccco1. The number of carbonyl (C=O) groups is 3. The van der Waals surface area contributed by atoms with Gasteiger partial charge >= 0.3 is 0 Å². The van der Waals surface area contributed by atoms with Crippen molar-refractivity contribution in [1.82, 2.24) is 15.1 Å². The second kappa shape index (κ2) is 10.5. The van der Waals surface area contributed by atoms with E-state index in [1.165, 1.54) is 70.7 Å². The second-order valence-corrected chi connectivity index (χ2v) is 10.4. The zero-order valence-corrected chi connectivity index (χ0v) is 20.3. The van der Waals surface area contributed by atoms with Gasteiger partial charge in [-0.25, -0.2) is 12.8 Å². The zero-order chi connectivity index (χ0) is 25.9. The minimum Gasteiger partial charge on any atom is -0.459 e. The number of carbonyl (C=O) groups excluding carboxylic acids is 3. The molecule has 1 atom stereocenters. The third-order valence-electron chi connectivity index (χ3n) is 5.67. The Morgan fingerprint density at radius 3 is 2.17 bits per heavy atom. The van der Waals surface area contributed by atoms with Gasteiger partial charge in [-0.15, -0.1) is 0 Å². The molecule has 4 rings (SSSR count). The number of hydrogen-bond donors (Lipinski definition) is 1. The monoisotopic (exact) mass is 533 g/mol. The molecule has 12 heteroatoms. The van der Waals surface area contributed by atoms with Crippen molar-refractivity contribution < 1.29 is 31.6 Å². The van der Waals surface area contributed by atoms with Gasteiger partial charge in [-0.05, 0) is 48.5 Å². The van der Waals surface area contributed by atoms with E-state index < -0.39 is 38.7 Å². The van der Waals surface area contributed by atoms with Crippen molar-refractivity contribution in [3.8, 4) is 0 Å². The second-order valence-electron chi connectivity index (χ2n) is 7.93. The summed E-state index contributed by atoms with van der Waals surface area (Å²) in [6.45, 7) is 0.0854. The molecule has 1 fully saturated rings. The van der Waals surface area contributed by atoms with E-state index in [2.05, 4.69) is 5.32 Å². The fourth-order valence-electron chi connectivity index (χ4n) is 3.73. The molecule has 0 unspecified atom stereocenters. The first kappa shape index (κ1) is 25.4. The Balaban J connectivity index is 1.54. The number of furan rings is 1. The minimum absolute atomic E-state index is 0.0116. The molecule has 2 aromatic carbocycles. The first-order valence-electron chi connectivity index (χ1n) is 10.8. The van der Waals surface area contributed by atoms with E-state index >= 15 is 0 Å². The first-order valence-corrected chi connectivity index (χ1v) is 12.8. The van der Waals surface area contributed by atoms with E-state index in [9.17, 15) is 27.2 Å². The summed E-state index contributed by atoms with van der Waals surface area (Å²) < 4.78 is 45.8. The molecule has 0 radical (unpaired) electrons. The summed E-state index contributed by atoms with van der Waals surface area (Å²) >= 11 is 5.86. The number of rotatable bonds is 6. The van der Waals surface area contributed by atoms with Gasteiger partial charge < -0.3 is 19.5 Å². The zero-order valence-electron chi connectivity index (χ0n) is 18.8. The fourth-order valence-corrected chi connectivity index (χ4v) is 5.32.